The van der Waals surface area contributed by atoms with E-state index in [1.54, 1.807) is 13.0 Å². The van der Waals surface area contributed by atoms with Gasteiger partial charge in [-0.15, -0.1) is 0 Å². The quantitative estimate of drug-likeness (QED) is 0.606. The van der Waals surface area contributed by atoms with E-state index in [4.69, 9.17) is 22.1 Å². The maximum Gasteiger partial charge on any atom is 0.417 e. The molecule has 2 aliphatic heterocycles. The largest absolute Gasteiger partial charge is 0.493 e. The lowest BCUT2D eigenvalue weighted by atomic mass is 9.86. The number of carbonyl (C=O) groups is 1. The summed E-state index contributed by atoms with van der Waals surface area (Å²) < 4.78 is 69.9. The fourth-order valence-electron chi connectivity index (χ4n) is 4.29. The number of anilines is 1. The molecule has 13 heteroatoms. The first-order valence-corrected chi connectivity index (χ1v) is 12.4. The van der Waals surface area contributed by atoms with Crippen molar-refractivity contribution in [1.82, 2.24) is 4.98 Å². The van der Waals surface area contributed by atoms with E-state index in [1.165, 1.54) is 26.0 Å². The third kappa shape index (κ3) is 4.02. The van der Waals surface area contributed by atoms with Crippen LogP contribution < -0.4 is 15.8 Å². The number of hydrogen-bond donors (Lipinski definition) is 2. The van der Waals surface area contributed by atoms with Crippen LogP contribution in [0, 0.1) is 0 Å². The highest BCUT2D eigenvalue weighted by Gasteiger charge is 2.57. The van der Waals surface area contributed by atoms with Gasteiger partial charge >= 0.3 is 6.18 Å². The molecule has 3 heterocycles. The number of nitrogens with one attached hydrogen (secondary N) is 1. The molecule has 3 N–H and O–H groups in total. The summed E-state index contributed by atoms with van der Waals surface area (Å²) in [6, 6.07) is 5.19. The molecule has 0 bridgehead atoms. The number of fused-ring (bicyclic) bond motifs is 3. The first-order valence-electron chi connectivity index (χ1n) is 10.5. The number of sulfone groups is 1. The van der Waals surface area contributed by atoms with Crippen molar-refractivity contribution < 1.29 is 31.1 Å². The zero-order valence-corrected chi connectivity index (χ0v) is 20.5. The summed E-state index contributed by atoms with van der Waals surface area (Å²) in [5.41, 5.74) is 3.92. The smallest absolute Gasteiger partial charge is 0.417 e. The van der Waals surface area contributed by atoms with Crippen LogP contribution in [0.25, 0.3) is 0 Å². The molecule has 2 aromatic rings. The minimum Gasteiger partial charge on any atom is -0.493 e. The van der Waals surface area contributed by atoms with Gasteiger partial charge in [0.15, 0.2) is 9.84 Å². The lowest BCUT2D eigenvalue weighted by Crippen LogP contribution is -2.59. The van der Waals surface area contributed by atoms with Crippen LogP contribution in [0.3, 0.4) is 0 Å². The van der Waals surface area contributed by atoms with Gasteiger partial charge in [-0.05, 0) is 45.0 Å². The van der Waals surface area contributed by atoms with Gasteiger partial charge in [0.05, 0.1) is 22.4 Å². The molecule has 0 radical (unpaired) electrons. The Hall–Kier alpha value is -2.86. The Morgan fingerprint density at radius 1 is 1.26 bits per heavy atom. The number of benzene rings is 1. The second kappa shape index (κ2) is 8.09. The number of carbonyl (C=O) groups excluding carboxylic acids is 1. The van der Waals surface area contributed by atoms with E-state index in [-0.39, 0.29) is 24.6 Å². The summed E-state index contributed by atoms with van der Waals surface area (Å²) in [6.07, 6.45) is -3.96. The molecule has 0 aliphatic carbocycles. The molecule has 0 spiro atoms. The van der Waals surface area contributed by atoms with Crippen LogP contribution in [-0.4, -0.2) is 41.7 Å². The molecule has 1 aromatic carbocycles. The molecule has 0 saturated carbocycles. The summed E-state index contributed by atoms with van der Waals surface area (Å²) in [5.74, 6) is -0.509. The van der Waals surface area contributed by atoms with Gasteiger partial charge in [-0.3, -0.25) is 9.79 Å². The van der Waals surface area contributed by atoms with Crippen molar-refractivity contribution in [3.8, 4) is 5.75 Å². The molecule has 0 saturated heterocycles. The van der Waals surface area contributed by atoms with Gasteiger partial charge < -0.3 is 15.8 Å². The van der Waals surface area contributed by atoms with E-state index < -0.39 is 53.7 Å². The Kier molecular flexibility index (Phi) is 5.83. The highest BCUT2D eigenvalue weighted by atomic mass is 35.5. The van der Waals surface area contributed by atoms with Crippen LogP contribution in [0.15, 0.2) is 35.5 Å². The van der Waals surface area contributed by atoms with Gasteiger partial charge in [0, 0.05) is 23.9 Å². The van der Waals surface area contributed by atoms with Gasteiger partial charge in [0.1, 0.15) is 27.6 Å². The highest BCUT2D eigenvalue weighted by Crippen LogP contribution is 2.48. The zero-order valence-electron chi connectivity index (χ0n) is 18.9. The van der Waals surface area contributed by atoms with Crippen LogP contribution in [-0.2, 0) is 21.6 Å². The topological polar surface area (TPSA) is 124 Å². The van der Waals surface area contributed by atoms with Gasteiger partial charge in [-0.2, -0.15) is 13.2 Å². The maximum absolute atomic E-state index is 13.4. The average Bonchev–Trinajstić information content (AvgIpc) is 2.89. The van der Waals surface area contributed by atoms with Crippen LogP contribution >= 0.6 is 11.6 Å². The summed E-state index contributed by atoms with van der Waals surface area (Å²) in [6.45, 7) is 4.79. The number of nitrogens with zero attached hydrogens (tertiary/aromatic N) is 2. The molecule has 0 fully saturated rings. The summed E-state index contributed by atoms with van der Waals surface area (Å²) in [7, 11) is -3.78. The number of aliphatic imine (C=N–C) groups is 1. The minimum absolute atomic E-state index is 0.0423. The number of ether oxygens (including phenoxy) is 1. The maximum atomic E-state index is 13.4. The molecule has 8 nitrogen and oxygen atoms in total. The molecular weight excluding hydrogens is 509 g/mol. The lowest BCUT2D eigenvalue weighted by Gasteiger charge is -2.43. The van der Waals surface area contributed by atoms with E-state index in [0.29, 0.717) is 23.6 Å². The van der Waals surface area contributed by atoms with Crippen LogP contribution in [0.4, 0.5) is 18.9 Å². The molecule has 4 rings (SSSR count). The first-order chi connectivity index (χ1) is 16.1. The summed E-state index contributed by atoms with van der Waals surface area (Å²) in [5, 5.41) is 1.13. The monoisotopic (exact) mass is 530 g/mol. The van der Waals surface area contributed by atoms with Gasteiger partial charge in [0.2, 0.25) is 0 Å². The number of alkyl halides is 3. The number of rotatable bonds is 2. The molecule has 0 unspecified atom stereocenters. The molecular formula is C22H22ClF3N4O4S. The third-order valence-electron chi connectivity index (χ3n) is 6.49. The number of halogens is 4. The average molecular weight is 531 g/mol. The fourth-order valence-corrected chi connectivity index (χ4v) is 6.78. The Balaban J connectivity index is 1.74. The number of amides is 1. The van der Waals surface area contributed by atoms with E-state index in [0.717, 1.165) is 0 Å². The number of amidine groups is 1. The van der Waals surface area contributed by atoms with Gasteiger partial charge in [0.25, 0.3) is 5.91 Å². The number of nitrogens with two attached hydrogens (primary N) is 1. The van der Waals surface area contributed by atoms with Crippen LogP contribution in [0.2, 0.25) is 5.02 Å². The second-order valence-corrected chi connectivity index (χ2v) is 12.1. The standard InChI is InChI=1S/C22H22ClF3N4O4S/c1-20(2)19(27)30-21(3)13-9-12(4-5-15(13)34-7-6-16(21)35(20,32)33)29-18(31)17-14(23)8-11(10-28-17)22(24,25)26/h4-5,8-10,16H,6-7H2,1-3H3,(H2,27,30)(H,29,31)/t16-,21-/m1/s1. The Morgan fingerprint density at radius 3 is 2.57 bits per heavy atom. The van der Waals surface area contributed by atoms with Crippen molar-refractivity contribution in [3.05, 3.63) is 52.3 Å². The van der Waals surface area contributed by atoms with Crippen molar-refractivity contribution in [3.63, 3.8) is 0 Å². The van der Waals surface area contributed by atoms with E-state index in [9.17, 15) is 26.4 Å². The van der Waals surface area contributed by atoms with Crippen molar-refractivity contribution >= 4 is 38.9 Å². The van der Waals surface area contributed by atoms with Gasteiger partial charge in [-0.1, -0.05) is 11.6 Å². The summed E-state index contributed by atoms with van der Waals surface area (Å²) >= 11 is 5.88. The molecule has 35 heavy (non-hydrogen) atoms. The molecule has 1 aromatic heterocycles. The molecule has 1 amide bonds. The van der Waals surface area contributed by atoms with Crippen molar-refractivity contribution in [2.24, 2.45) is 10.7 Å². The predicted molar refractivity (Wildman–Crippen MR) is 125 cm³/mol. The number of aromatic nitrogens is 1. The molecule has 2 aliphatic rings. The first kappa shape index (κ1) is 25.2. The highest BCUT2D eigenvalue weighted by molar-refractivity contribution is 7.94. The lowest BCUT2D eigenvalue weighted by molar-refractivity contribution is -0.137. The zero-order chi connectivity index (χ0) is 26.0. The van der Waals surface area contributed by atoms with E-state index in [1.807, 2.05) is 0 Å². The van der Waals surface area contributed by atoms with Crippen LogP contribution in [0.5, 0.6) is 5.75 Å². The molecule has 2 atom stereocenters. The normalized spacial score (nSPS) is 24.8. The SMILES string of the molecule is CC1(C)C(N)=N[C@]2(C)c3cc(NC(=O)c4ncc(C(F)(F)F)cc4Cl)ccc3OCC[C@H]2S1(=O)=O. The Morgan fingerprint density at radius 2 is 1.94 bits per heavy atom. The summed E-state index contributed by atoms with van der Waals surface area (Å²) in [4.78, 5) is 20.9. The second-order valence-electron chi connectivity index (χ2n) is 9.04. The predicted octanol–water partition coefficient (Wildman–Crippen LogP) is 3.94. The van der Waals surface area contributed by atoms with Crippen molar-refractivity contribution in [2.45, 2.75) is 48.9 Å². The van der Waals surface area contributed by atoms with E-state index in [2.05, 4.69) is 15.3 Å². The van der Waals surface area contributed by atoms with Crippen molar-refractivity contribution in [2.75, 3.05) is 11.9 Å². The van der Waals surface area contributed by atoms with Crippen molar-refractivity contribution in [1.29, 1.82) is 0 Å². The Bertz CT molecular complexity index is 1360. The molecule has 188 valence electrons. The number of hydrogen-bond acceptors (Lipinski definition) is 7. The third-order valence-corrected chi connectivity index (χ3v) is 9.85. The van der Waals surface area contributed by atoms with E-state index >= 15 is 0 Å². The van der Waals surface area contributed by atoms with Gasteiger partial charge in [-0.25, -0.2) is 13.4 Å². The van der Waals surface area contributed by atoms with Crippen LogP contribution in [0.1, 0.15) is 48.8 Å². The minimum atomic E-state index is -4.66. The number of pyridine rings is 1. The Labute approximate surface area is 204 Å². The fraction of sp³-hybridized carbons (Fsp3) is 0.409.